The molecule has 16 heavy (non-hydrogen) atoms. The number of fused-ring (bicyclic) bond motifs is 1. The fourth-order valence-electron chi connectivity index (χ4n) is 1.87. The van der Waals surface area contributed by atoms with Crippen LogP contribution in [-0.2, 0) is 0 Å². The molecular formula is C11H12ClN3S. The topological polar surface area (TPSA) is 28.2 Å². The van der Waals surface area contributed by atoms with E-state index in [1.807, 2.05) is 18.2 Å². The van der Waals surface area contributed by atoms with Crippen molar-refractivity contribution in [2.24, 2.45) is 0 Å². The molecule has 2 aromatic rings. The van der Waals surface area contributed by atoms with Crippen molar-refractivity contribution >= 4 is 38.3 Å². The van der Waals surface area contributed by atoms with Crippen LogP contribution in [0.4, 0.5) is 5.13 Å². The van der Waals surface area contributed by atoms with Crippen molar-refractivity contribution in [3.63, 3.8) is 0 Å². The first-order valence-corrected chi connectivity index (χ1v) is 6.57. The number of halogens is 1. The number of para-hydroxylation sites is 1. The maximum Gasteiger partial charge on any atom is 0.187 e. The quantitative estimate of drug-likeness (QED) is 0.624. The number of piperazine rings is 1. The van der Waals surface area contributed by atoms with Gasteiger partial charge in [-0.15, -0.1) is 0 Å². The van der Waals surface area contributed by atoms with Crippen molar-refractivity contribution in [2.75, 3.05) is 24.5 Å². The van der Waals surface area contributed by atoms with Gasteiger partial charge >= 0.3 is 0 Å². The van der Waals surface area contributed by atoms with E-state index in [0.29, 0.717) is 0 Å². The zero-order valence-corrected chi connectivity index (χ0v) is 10.3. The van der Waals surface area contributed by atoms with Crippen LogP contribution in [0.1, 0.15) is 0 Å². The van der Waals surface area contributed by atoms with Gasteiger partial charge in [-0.3, -0.25) is 0 Å². The van der Waals surface area contributed by atoms with Crippen molar-refractivity contribution in [2.45, 2.75) is 5.50 Å². The van der Waals surface area contributed by atoms with Crippen LogP contribution in [0.2, 0.25) is 0 Å². The Morgan fingerprint density at radius 2 is 2.31 bits per heavy atom. The molecule has 1 unspecified atom stereocenters. The molecule has 0 saturated carbocycles. The van der Waals surface area contributed by atoms with Gasteiger partial charge in [-0.2, -0.15) is 0 Å². The van der Waals surface area contributed by atoms with Crippen molar-refractivity contribution in [1.29, 1.82) is 0 Å². The summed E-state index contributed by atoms with van der Waals surface area (Å²) in [5, 5.41) is 4.30. The minimum Gasteiger partial charge on any atom is -0.329 e. The number of hydrogen-bond acceptors (Lipinski definition) is 4. The molecule has 1 fully saturated rings. The van der Waals surface area contributed by atoms with Crippen LogP contribution in [0.15, 0.2) is 24.3 Å². The van der Waals surface area contributed by atoms with Gasteiger partial charge in [-0.05, 0) is 12.1 Å². The molecule has 1 aliphatic heterocycles. The van der Waals surface area contributed by atoms with Crippen LogP contribution in [0, 0.1) is 0 Å². The predicted octanol–water partition coefficient (Wildman–Crippen LogP) is 2.27. The number of aromatic nitrogens is 1. The van der Waals surface area contributed by atoms with Crippen LogP contribution < -0.4 is 10.2 Å². The Kier molecular flexibility index (Phi) is 2.71. The second kappa shape index (κ2) is 4.20. The monoisotopic (exact) mass is 253 g/mol. The lowest BCUT2D eigenvalue weighted by Crippen LogP contribution is -2.48. The Morgan fingerprint density at radius 3 is 3.12 bits per heavy atom. The van der Waals surface area contributed by atoms with Gasteiger partial charge in [0.25, 0.3) is 0 Å². The summed E-state index contributed by atoms with van der Waals surface area (Å²) in [5.41, 5.74) is 1.07. The summed E-state index contributed by atoms with van der Waals surface area (Å²) in [6.45, 7) is 2.71. The summed E-state index contributed by atoms with van der Waals surface area (Å²) in [7, 11) is 0. The van der Waals surface area contributed by atoms with E-state index in [0.717, 1.165) is 30.3 Å². The number of alkyl halides is 1. The highest BCUT2D eigenvalue weighted by molar-refractivity contribution is 7.22. The standard InChI is InChI=1S/C11H12ClN3S/c12-10-7-13-5-6-15(10)11-14-8-3-1-2-4-9(8)16-11/h1-4,10,13H,5-7H2. The molecule has 0 bridgehead atoms. The second-order valence-corrected chi connectivity index (χ2v) is 5.31. The smallest absolute Gasteiger partial charge is 0.187 e. The van der Waals surface area contributed by atoms with Gasteiger partial charge in [0.1, 0.15) is 5.50 Å². The molecule has 3 rings (SSSR count). The van der Waals surface area contributed by atoms with Gasteiger partial charge in [-0.25, -0.2) is 4.98 Å². The van der Waals surface area contributed by atoms with Crippen LogP contribution >= 0.6 is 22.9 Å². The van der Waals surface area contributed by atoms with E-state index in [-0.39, 0.29) is 5.50 Å². The molecule has 2 heterocycles. The van der Waals surface area contributed by atoms with Gasteiger partial charge in [-0.1, -0.05) is 35.1 Å². The van der Waals surface area contributed by atoms with E-state index in [9.17, 15) is 0 Å². The summed E-state index contributed by atoms with van der Waals surface area (Å²) in [6, 6.07) is 8.20. The zero-order valence-electron chi connectivity index (χ0n) is 8.69. The van der Waals surface area contributed by atoms with Crippen molar-refractivity contribution < 1.29 is 0 Å². The van der Waals surface area contributed by atoms with E-state index in [4.69, 9.17) is 11.6 Å². The summed E-state index contributed by atoms with van der Waals surface area (Å²) in [5.74, 6) is 0. The highest BCUT2D eigenvalue weighted by atomic mass is 35.5. The third kappa shape index (κ3) is 1.77. The SMILES string of the molecule is ClC1CNCCN1c1nc2ccccc2s1. The first-order valence-electron chi connectivity index (χ1n) is 5.31. The molecule has 1 aromatic carbocycles. The molecule has 1 N–H and O–H groups in total. The van der Waals surface area contributed by atoms with E-state index in [2.05, 4.69) is 21.3 Å². The Balaban J connectivity index is 1.98. The molecule has 1 aromatic heterocycles. The van der Waals surface area contributed by atoms with Crippen molar-refractivity contribution in [3.05, 3.63) is 24.3 Å². The molecule has 84 valence electrons. The molecular weight excluding hydrogens is 242 g/mol. The summed E-state index contributed by atoms with van der Waals surface area (Å²) < 4.78 is 1.22. The van der Waals surface area contributed by atoms with Crippen LogP contribution in [-0.4, -0.2) is 30.1 Å². The molecule has 1 atom stereocenters. The minimum atomic E-state index is 0.00862. The van der Waals surface area contributed by atoms with E-state index < -0.39 is 0 Å². The van der Waals surface area contributed by atoms with Gasteiger partial charge in [0.05, 0.1) is 10.2 Å². The van der Waals surface area contributed by atoms with Crippen LogP contribution in [0.3, 0.4) is 0 Å². The van der Waals surface area contributed by atoms with Gasteiger partial charge < -0.3 is 10.2 Å². The van der Waals surface area contributed by atoms with Gasteiger partial charge in [0.2, 0.25) is 0 Å². The average Bonchev–Trinajstić information content (AvgIpc) is 2.73. The van der Waals surface area contributed by atoms with E-state index >= 15 is 0 Å². The minimum absolute atomic E-state index is 0.00862. The second-order valence-electron chi connectivity index (χ2n) is 3.80. The Hall–Kier alpha value is -0.840. The van der Waals surface area contributed by atoms with Crippen molar-refractivity contribution in [3.8, 4) is 0 Å². The molecule has 0 amide bonds. The predicted molar refractivity (Wildman–Crippen MR) is 69.5 cm³/mol. The lowest BCUT2D eigenvalue weighted by molar-refractivity contribution is 0.558. The molecule has 5 heteroatoms. The number of benzene rings is 1. The zero-order chi connectivity index (χ0) is 11.0. The first-order chi connectivity index (χ1) is 7.84. The largest absolute Gasteiger partial charge is 0.329 e. The number of nitrogens with zero attached hydrogens (tertiary/aromatic N) is 2. The number of anilines is 1. The third-order valence-corrected chi connectivity index (χ3v) is 4.17. The Bertz CT molecular complexity index is 466. The molecule has 0 radical (unpaired) electrons. The lowest BCUT2D eigenvalue weighted by atomic mass is 10.3. The summed E-state index contributed by atoms with van der Waals surface area (Å²) >= 11 is 7.98. The summed E-state index contributed by atoms with van der Waals surface area (Å²) in [4.78, 5) is 6.79. The Labute approximate surface area is 103 Å². The molecule has 0 aliphatic carbocycles. The first kappa shape index (κ1) is 10.3. The molecule has 3 nitrogen and oxygen atoms in total. The average molecular weight is 254 g/mol. The fraction of sp³-hybridized carbons (Fsp3) is 0.364. The fourth-order valence-corrected chi connectivity index (χ4v) is 3.27. The van der Waals surface area contributed by atoms with E-state index in [1.165, 1.54) is 4.70 Å². The highest BCUT2D eigenvalue weighted by Gasteiger charge is 2.22. The third-order valence-electron chi connectivity index (χ3n) is 2.71. The number of thiazole rings is 1. The maximum atomic E-state index is 6.27. The van der Waals surface area contributed by atoms with Crippen LogP contribution in [0.25, 0.3) is 10.2 Å². The molecule has 1 saturated heterocycles. The van der Waals surface area contributed by atoms with E-state index in [1.54, 1.807) is 11.3 Å². The summed E-state index contributed by atoms with van der Waals surface area (Å²) in [6.07, 6.45) is 0. The van der Waals surface area contributed by atoms with Crippen molar-refractivity contribution in [1.82, 2.24) is 10.3 Å². The number of rotatable bonds is 1. The number of hydrogen-bond donors (Lipinski definition) is 1. The van der Waals surface area contributed by atoms with Gasteiger partial charge in [0.15, 0.2) is 5.13 Å². The normalized spacial score (nSPS) is 21.6. The Morgan fingerprint density at radius 1 is 1.44 bits per heavy atom. The molecule has 1 aliphatic rings. The lowest BCUT2D eigenvalue weighted by Gasteiger charge is -2.31. The highest BCUT2D eigenvalue weighted by Crippen LogP contribution is 2.30. The number of nitrogens with one attached hydrogen (secondary N) is 1. The maximum absolute atomic E-state index is 6.27. The van der Waals surface area contributed by atoms with Gasteiger partial charge in [0, 0.05) is 19.6 Å². The molecule has 0 spiro atoms. The van der Waals surface area contributed by atoms with Crippen LogP contribution in [0.5, 0.6) is 0 Å².